The molecular weight excluding hydrogens is 528 g/mol. The van der Waals surface area contributed by atoms with Crippen molar-refractivity contribution < 1.29 is 19.1 Å². The summed E-state index contributed by atoms with van der Waals surface area (Å²) < 4.78 is 5.64. The number of ether oxygens (including phenoxy) is 1. The Morgan fingerprint density at radius 2 is 1.80 bits per heavy atom. The average Bonchev–Trinajstić information content (AvgIpc) is 3.61. The van der Waals surface area contributed by atoms with E-state index in [0.29, 0.717) is 32.0 Å². The van der Waals surface area contributed by atoms with E-state index in [1.807, 2.05) is 51.1 Å². The van der Waals surface area contributed by atoms with Crippen molar-refractivity contribution in [3.63, 3.8) is 0 Å². The number of nitrogens with zero attached hydrogens (tertiary/aromatic N) is 1. The maximum absolute atomic E-state index is 13.4. The second kappa shape index (κ2) is 14.8. The van der Waals surface area contributed by atoms with E-state index in [1.54, 1.807) is 4.90 Å². The summed E-state index contributed by atoms with van der Waals surface area (Å²) in [6.45, 7) is 9.15. The Bertz CT molecular complexity index is 1150. The lowest BCUT2D eigenvalue weighted by Crippen LogP contribution is -2.55. The minimum atomic E-state index is -0.731. The van der Waals surface area contributed by atoms with Crippen molar-refractivity contribution in [1.29, 1.82) is 0 Å². The van der Waals surface area contributed by atoms with Gasteiger partial charge in [-0.05, 0) is 55.0 Å². The highest BCUT2D eigenvalue weighted by Gasteiger charge is 2.39. The van der Waals surface area contributed by atoms with Crippen LogP contribution in [0.1, 0.15) is 58.4 Å². The quantitative estimate of drug-likeness (QED) is 0.357. The summed E-state index contributed by atoms with van der Waals surface area (Å²) in [4.78, 5) is 41.4. The first-order valence-electron chi connectivity index (χ1n) is 14.4. The summed E-state index contributed by atoms with van der Waals surface area (Å²) in [5, 5.41) is 11.6. The van der Waals surface area contributed by atoms with Crippen LogP contribution < -0.4 is 16.0 Å². The van der Waals surface area contributed by atoms with Gasteiger partial charge in [0.1, 0.15) is 12.1 Å². The SMILES string of the molecule is CC(C)(C)C(=O)N1CCC[C@H]1C(=O)N[C@H](Cc1ccc2ccccc2c1)C(=O)NCCCNCC1CCCO1.Cl. The predicted molar refractivity (Wildman–Crippen MR) is 160 cm³/mol. The van der Waals surface area contributed by atoms with Gasteiger partial charge in [-0.25, -0.2) is 0 Å². The van der Waals surface area contributed by atoms with Gasteiger partial charge in [-0.1, -0.05) is 63.2 Å². The van der Waals surface area contributed by atoms with Crippen molar-refractivity contribution in [2.45, 2.75) is 77.5 Å². The number of halogens is 1. The Labute approximate surface area is 244 Å². The number of benzene rings is 2. The molecule has 8 nitrogen and oxygen atoms in total. The highest BCUT2D eigenvalue weighted by molar-refractivity contribution is 5.93. The van der Waals surface area contributed by atoms with Crippen LogP contribution in [0.2, 0.25) is 0 Å². The Balaban J connectivity index is 0.00000441. The second-order valence-corrected chi connectivity index (χ2v) is 11.8. The van der Waals surface area contributed by atoms with Gasteiger partial charge >= 0.3 is 0 Å². The van der Waals surface area contributed by atoms with Gasteiger partial charge in [-0.3, -0.25) is 14.4 Å². The molecule has 0 radical (unpaired) electrons. The predicted octanol–water partition coefficient (Wildman–Crippen LogP) is 3.60. The zero-order valence-corrected chi connectivity index (χ0v) is 24.9. The summed E-state index contributed by atoms with van der Waals surface area (Å²) >= 11 is 0. The van der Waals surface area contributed by atoms with E-state index < -0.39 is 17.5 Å². The molecule has 3 atom stereocenters. The van der Waals surface area contributed by atoms with Crippen LogP contribution in [0.4, 0.5) is 0 Å². The number of rotatable bonds is 11. The molecule has 0 aromatic heterocycles. The second-order valence-electron chi connectivity index (χ2n) is 11.8. The Morgan fingerprint density at radius 1 is 1.02 bits per heavy atom. The monoisotopic (exact) mass is 572 g/mol. The molecule has 3 amide bonds. The molecule has 0 spiro atoms. The zero-order valence-electron chi connectivity index (χ0n) is 24.0. The van der Waals surface area contributed by atoms with E-state index in [9.17, 15) is 14.4 Å². The molecule has 2 saturated heterocycles. The van der Waals surface area contributed by atoms with Crippen molar-refractivity contribution >= 4 is 40.9 Å². The van der Waals surface area contributed by atoms with E-state index in [4.69, 9.17) is 4.74 Å². The number of hydrogen-bond donors (Lipinski definition) is 3. The van der Waals surface area contributed by atoms with Gasteiger partial charge in [0, 0.05) is 38.1 Å². The Hall–Kier alpha value is -2.68. The molecule has 2 aliphatic rings. The van der Waals surface area contributed by atoms with Gasteiger partial charge in [0.05, 0.1) is 6.10 Å². The lowest BCUT2D eigenvalue weighted by Gasteiger charge is -2.31. The average molecular weight is 573 g/mol. The number of carbonyl (C=O) groups excluding carboxylic acids is 3. The minimum Gasteiger partial charge on any atom is -0.377 e. The highest BCUT2D eigenvalue weighted by Crippen LogP contribution is 2.26. The van der Waals surface area contributed by atoms with Crippen molar-refractivity contribution in [1.82, 2.24) is 20.9 Å². The Morgan fingerprint density at radius 3 is 2.52 bits per heavy atom. The smallest absolute Gasteiger partial charge is 0.243 e. The maximum Gasteiger partial charge on any atom is 0.243 e. The summed E-state index contributed by atoms with van der Waals surface area (Å²) in [7, 11) is 0. The molecule has 40 heavy (non-hydrogen) atoms. The summed E-state index contributed by atoms with van der Waals surface area (Å²) in [6, 6.07) is 12.9. The van der Waals surface area contributed by atoms with Gasteiger partial charge in [0.25, 0.3) is 0 Å². The molecule has 1 unspecified atom stereocenters. The summed E-state index contributed by atoms with van der Waals surface area (Å²) in [5.74, 6) is -0.502. The van der Waals surface area contributed by atoms with Crippen LogP contribution in [0.25, 0.3) is 10.8 Å². The molecule has 2 aromatic rings. The highest BCUT2D eigenvalue weighted by atomic mass is 35.5. The normalized spacial score (nSPS) is 19.7. The molecule has 0 saturated carbocycles. The largest absolute Gasteiger partial charge is 0.377 e. The van der Waals surface area contributed by atoms with Crippen molar-refractivity contribution in [3.05, 3.63) is 48.0 Å². The molecule has 4 rings (SSSR count). The third-order valence-electron chi connectivity index (χ3n) is 7.57. The molecule has 2 fully saturated rings. The van der Waals surface area contributed by atoms with Crippen LogP contribution in [-0.4, -0.2) is 73.6 Å². The van der Waals surface area contributed by atoms with E-state index in [2.05, 4.69) is 28.1 Å². The lowest BCUT2D eigenvalue weighted by molar-refractivity contribution is -0.145. The minimum absolute atomic E-state index is 0. The third kappa shape index (κ3) is 8.66. The van der Waals surface area contributed by atoms with Gasteiger partial charge < -0.3 is 25.6 Å². The standard InChI is InChI=1S/C31H44N4O4.ClH/c1-31(2,3)30(38)35-17-6-12-27(35)29(37)34-26(20-22-13-14-23-9-4-5-10-24(23)19-22)28(36)33-16-8-15-32-21-25-11-7-18-39-25;/h4-5,9-10,13-14,19,25-27,32H,6-8,11-12,15-18,20-21H2,1-3H3,(H,33,36)(H,34,37);1H/t25?,26-,27+;/m1./s1. The number of fused-ring (bicyclic) bond motifs is 1. The Kier molecular flexibility index (Phi) is 11.8. The van der Waals surface area contributed by atoms with Crippen LogP contribution in [-0.2, 0) is 25.5 Å². The molecule has 2 aliphatic heterocycles. The van der Waals surface area contributed by atoms with Crippen LogP contribution in [0.15, 0.2) is 42.5 Å². The number of amides is 3. The third-order valence-corrected chi connectivity index (χ3v) is 7.57. The van der Waals surface area contributed by atoms with Crippen LogP contribution in [0, 0.1) is 5.41 Å². The van der Waals surface area contributed by atoms with E-state index in [-0.39, 0.29) is 30.1 Å². The van der Waals surface area contributed by atoms with Gasteiger partial charge in [-0.15, -0.1) is 12.4 Å². The maximum atomic E-state index is 13.4. The van der Waals surface area contributed by atoms with Crippen LogP contribution >= 0.6 is 12.4 Å². The number of hydrogen-bond acceptors (Lipinski definition) is 5. The first-order valence-corrected chi connectivity index (χ1v) is 14.4. The number of nitrogens with one attached hydrogen (secondary N) is 3. The van der Waals surface area contributed by atoms with Crippen molar-refractivity contribution in [3.8, 4) is 0 Å². The van der Waals surface area contributed by atoms with Gasteiger partial charge in [-0.2, -0.15) is 0 Å². The molecular formula is C31H45ClN4O4. The van der Waals surface area contributed by atoms with Crippen LogP contribution in [0.5, 0.6) is 0 Å². The molecule has 2 aromatic carbocycles. The van der Waals surface area contributed by atoms with Crippen LogP contribution in [0.3, 0.4) is 0 Å². The molecule has 220 valence electrons. The molecule has 2 heterocycles. The van der Waals surface area contributed by atoms with E-state index >= 15 is 0 Å². The van der Waals surface area contributed by atoms with Gasteiger partial charge in [0.15, 0.2) is 0 Å². The molecule has 0 bridgehead atoms. The fourth-order valence-corrected chi connectivity index (χ4v) is 5.41. The van der Waals surface area contributed by atoms with E-state index in [1.165, 1.54) is 0 Å². The molecule has 9 heteroatoms. The van der Waals surface area contributed by atoms with Crippen molar-refractivity contribution in [2.24, 2.45) is 5.41 Å². The first-order chi connectivity index (χ1) is 18.7. The zero-order chi connectivity index (χ0) is 27.8. The summed E-state index contributed by atoms with van der Waals surface area (Å²) in [5.41, 5.74) is 0.407. The fourth-order valence-electron chi connectivity index (χ4n) is 5.41. The fraction of sp³-hybridized carbons (Fsp3) is 0.581. The van der Waals surface area contributed by atoms with E-state index in [0.717, 1.165) is 61.7 Å². The van der Waals surface area contributed by atoms with Crippen molar-refractivity contribution in [2.75, 3.05) is 32.8 Å². The molecule has 3 N–H and O–H groups in total. The number of carbonyl (C=O) groups is 3. The first kappa shape index (κ1) is 31.8. The molecule has 0 aliphatic carbocycles. The number of likely N-dealkylation sites (tertiary alicyclic amines) is 1. The van der Waals surface area contributed by atoms with Gasteiger partial charge in [0.2, 0.25) is 17.7 Å². The summed E-state index contributed by atoms with van der Waals surface area (Å²) in [6.07, 6.45) is 5.05. The lowest BCUT2D eigenvalue weighted by atomic mass is 9.94. The topological polar surface area (TPSA) is 99.8 Å².